The van der Waals surface area contributed by atoms with Crippen molar-refractivity contribution < 1.29 is 9.53 Å². The maximum atomic E-state index is 11.8. The standard InChI is InChI=1S/C14H20N2O2S/c1-18-12-4-6-13(7-5-12)19-10-14(17)16-11-3-2-8-15-9-11/h4-7,11,15H,2-3,8-10H2,1H3,(H,16,17)/t11-/m0/s1. The van der Waals surface area contributed by atoms with E-state index in [1.807, 2.05) is 24.3 Å². The molecule has 1 aromatic carbocycles. The van der Waals surface area contributed by atoms with Crippen LogP contribution in [0.4, 0.5) is 0 Å². The second-order valence-electron chi connectivity index (χ2n) is 4.57. The summed E-state index contributed by atoms with van der Waals surface area (Å²) in [5.41, 5.74) is 0. The molecule has 1 aliphatic heterocycles. The van der Waals surface area contributed by atoms with Crippen molar-refractivity contribution in [3.8, 4) is 5.75 Å². The number of amides is 1. The highest BCUT2D eigenvalue weighted by Gasteiger charge is 2.15. The summed E-state index contributed by atoms with van der Waals surface area (Å²) in [6.45, 7) is 1.95. The van der Waals surface area contributed by atoms with Crippen LogP contribution in [0.3, 0.4) is 0 Å². The Hall–Kier alpha value is -1.20. The highest BCUT2D eigenvalue weighted by atomic mass is 32.2. The molecule has 4 nitrogen and oxygen atoms in total. The van der Waals surface area contributed by atoms with Crippen molar-refractivity contribution in [1.29, 1.82) is 0 Å². The van der Waals surface area contributed by atoms with Gasteiger partial charge in [0, 0.05) is 17.5 Å². The summed E-state index contributed by atoms with van der Waals surface area (Å²) in [6.07, 6.45) is 2.21. The van der Waals surface area contributed by atoms with Crippen molar-refractivity contribution in [2.45, 2.75) is 23.8 Å². The van der Waals surface area contributed by atoms with Crippen LogP contribution in [0.5, 0.6) is 5.75 Å². The second-order valence-corrected chi connectivity index (χ2v) is 5.62. The Morgan fingerprint density at radius 1 is 1.47 bits per heavy atom. The van der Waals surface area contributed by atoms with Crippen LogP contribution in [0, 0.1) is 0 Å². The molecule has 5 heteroatoms. The molecule has 0 saturated carbocycles. The number of methoxy groups -OCH3 is 1. The molecule has 1 atom stereocenters. The Balaban J connectivity index is 1.72. The molecule has 1 amide bonds. The third-order valence-corrected chi connectivity index (χ3v) is 4.10. The zero-order valence-corrected chi connectivity index (χ0v) is 12.0. The van der Waals surface area contributed by atoms with E-state index in [-0.39, 0.29) is 11.9 Å². The van der Waals surface area contributed by atoms with E-state index in [2.05, 4.69) is 10.6 Å². The summed E-state index contributed by atoms with van der Waals surface area (Å²) in [5, 5.41) is 6.36. The van der Waals surface area contributed by atoms with Crippen LogP contribution in [0.25, 0.3) is 0 Å². The topological polar surface area (TPSA) is 50.4 Å². The van der Waals surface area contributed by atoms with Gasteiger partial charge in [-0.3, -0.25) is 4.79 Å². The zero-order valence-electron chi connectivity index (χ0n) is 11.1. The zero-order chi connectivity index (χ0) is 13.5. The van der Waals surface area contributed by atoms with E-state index in [0.717, 1.165) is 36.6 Å². The number of nitrogens with one attached hydrogen (secondary N) is 2. The maximum Gasteiger partial charge on any atom is 0.230 e. The van der Waals surface area contributed by atoms with Gasteiger partial charge < -0.3 is 15.4 Å². The molecule has 1 fully saturated rings. The number of ether oxygens (including phenoxy) is 1. The smallest absolute Gasteiger partial charge is 0.230 e. The van der Waals surface area contributed by atoms with Crippen molar-refractivity contribution in [3.63, 3.8) is 0 Å². The molecule has 0 aliphatic carbocycles. The van der Waals surface area contributed by atoms with Gasteiger partial charge in [-0.25, -0.2) is 0 Å². The Bertz CT molecular complexity index is 402. The van der Waals surface area contributed by atoms with Crippen LogP contribution in [-0.2, 0) is 4.79 Å². The fraction of sp³-hybridized carbons (Fsp3) is 0.500. The van der Waals surface area contributed by atoms with E-state index < -0.39 is 0 Å². The molecule has 104 valence electrons. The number of hydrogen-bond acceptors (Lipinski definition) is 4. The van der Waals surface area contributed by atoms with Crippen molar-refractivity contribution in [2.75, 3.05) is 26.0 Å². The summed E-state index contributed by atoms with van der Waals surface area (Å²) in [7, 11) is 1.65. The Morgan fingerprint density at radius 2 is 2.26 bits per heavy atom. The van der Waals surface area contributed by atoms with Crippen LogP contribution in [-0.4, -0.2) is 37.9 Å². The van der Waals surface area contributed by atoms with Crippen molar-refractivity contribution in [3.05, 3.63) is 24.3 Å². The summed E-state index contributed by atoms with van der Waals surface area (Å²) < 4.78 is 5.10. The molecule has 1 aliphatic rings. The second kappa shape index (κ2) is 7.40. The minimum Gasteiger partial charge on any atom is -0.497 e. The minimum atomic E-state index is 0.106. The first-order valence-electron chi connectivity index (χ1n) is 6.55. The highest BCUT2D eigenvalue weighted by Crippen LogP contribution is 2.21. The number of piperidine rings is 1. The predicted octanol–water partition coefficient (Wildman–Crippen LogP) is 1.66. The monoisotopic (exact) mass is 280 g/mol. The maximum absolute atomic E-state index is 11.8. The van der Waals surface area contributed by atoms with E-state index in [1.54, 1.807) is 18.9 Å². The lowest BCUT2D eigenvalue weighted by atomic mass is 10.1. The van der Waals surface area contributed by atoms with Gasteiger partial charge >= 0.3 is 0 Å². The lowest BCUT2D eigenvalue weighted by Crippen LogP contribution is -2.46. The molecule has 0 unspecified atom stereocenters. The SMILES string of the molecule is COc1ccc(SCC(=O)N[C@H]2CCCNC2)cc1. The molecular formula is C14H20N2O2S. The molecule has 0 spiro atoms. The van der Waals surface area contributed by atoms with Crippen molar-refractivity contribution in [2.24, 2.45) is 0 Å². The predicted molar refractivity (Wildman–Crippen MR) is 77.8 cm³/mol. The van der Waals surface area contributed by atoms with Gasteiger partial charge in [-0.05, 0) is 43.7 Å². The third-order valence-electron chi connectivity index (χ3n) is 3.09. The van der Waals surface area contributed by atoms with Gasteiger partial charge in [0.25, 0.3) is 0 Å². The number of benzene rings is 1. The highest BCUT2D eigenvalue weighted by molar-refractivity contribution is 8.00. The number of thioether (sulfide) groups is 1. The fourth-order valence-corrected chi connectivity index (χ4v) is 2.77. The van der Waals surface area contributed by atoms with Crippen LogP contribution < -0.4 is 15.4 Å². The van der Waals surface area contributed by atoms with E-state index in [1.165, 1.54) is 0 Å². The molecule has 1 saturated heterocycles. The Labute approximate surface area is 118 Å². The molecule has 0 radical (unpaired) electrons. The van der Waals surface area contributed by atoms with E-state index >= 15 is 0 Å². The van der Waals surface area contributed by atoms with E-state index in [9.17, 15) is 4.79 Å². The van der Waals surface area contributed by atoms with Crippen LogP contribution in [0.1, 0.15) is 12.8 Å². The van der Waals surface area contributed by atoms with Gasteiger partial charge in [0.1, 0.15) is 5.75 Å². The fourth-order valence-electron chi connectivity index (χ4n) is 2.07. The third kappa shape index (κ3) is 4.76. The number of rotatable bonds is 5. The summed E-state index contributed by atoms with van der Waals surface area (Å²) in [5.74, 6) is 1.40. The normalized spacial score (nSPS) is 18.9. The minimum absolute atomic E-state index is 0.106. The molecule has 19 heavy (non-hydrogen) atoms. The molecule has 1 heterocycles. The van der Waals surface area contributed by atoms with Crippen LogP contribution in [0.2, 0.25) is 0 Å². The lowest BCUT2D eigenvalue weighted by Gasteiger charge is -2.23. The summed E-state index contributed by atoms with van der Waals surface area (Å²) in [6, 6.07) is 8.05. The largest absolute Gasteiger partial charge is 0.497 e. The first kappa shape index (κ1) is 14.2. The lowest BCUT2D eigenvalue weighted by molar-refractivity contribution is -0.119. The van der Waals surface area contributed by atoms with Gasteiger partial charge in [0.05, 0.1) is 12.9 Å². The molecule has 1 aromatic rings. The van der Waals surface area contributed by atoms with Gasteiger partial charge in [0.2, 0.25) is 5.91 Å². The van der Waals surface area contributed by atoms with Crippen LogP contribution >= 0.6 is 11.8 Å². The van der Waals surface area contributed by atoms with Crippen molar-refractivity contribution in [1.82, 2.24) is 10.6 Å². The average Bonchev–Trinajstić information content (AvgIpc) is 2.47. The van der Waals surface area contributed by atoms with Gasteiger partial charge in [-0.1, -0.05) is 0 Å². The molecule has 0 aromatic heterocycles. The Morgan fingerprint density at radius 3 is 2.89 bits per heavy atom. The summed E-state index contributed by atoms with van der Waals surface area (Å²) in [4.78, 5) is 12.9. The van der Waals surface area contributed by atoms with Crippen LogP contribution in [0.15, 0.2) is 29.2 Å². The average molecular weight is 280 g/mol. The molecule has 2 N–H and O–H groups in total. The Kier molecular flexibility index (Phi) is 5.54. The molecule has 0 bridgehead atoms. The van der Waals surface area contributed by atoms with Crippen molar-refractivity contribution >= 4 is 17.7 Å². The van der Waals surface area contributed by atoms with E-state index in [0.29, 0.717) is 5.75 Å². The number of carbonyl (C=O) groups is 1. The van der Waals surface area contributed by atoms with Gasteiger partial charge in [0.15, 0.2) is 0 Å². The molecular weight excluding hydrogens is 260 g/mol. The number of hydrogen-bond donors (Lipinski definition) is 2. The van der Waals surface area contributed by atoms with Gasteiger partial charge in [-0.15, -0.1) is 11.8 Å². The first-order valence-corrected chi connectivity index (χ1v) is 7.53. The quantitative estimate of drug-likeness (QED) is 0.805. The molecule has 2 rings (SSSR count). The summed E-state index contributed by atoms with van der Waals surface area (Å²) >= 11 is 1.55. The number of carbonyl (C=O) groups excluding carboxylic acids is 1. The first-order chi connectivity index (χ1) is 9.28. The van der Waals surface area contributed by atoms with E-state index in [4.69, 9.17) is 4.74 Å². The van der Waals surface area contributed by atoms with Gasteiger partial charge in [-0.2, -0.15) is 0 Å².